The first kappa shape index (κ1) is 30.4. The van der Waals surface area contributed by atoms with Gasteiger partial charge in [0.25, 0.3) is 0 Å². The minimum Gasteiger partial charge on any atom is -0.450 e. The summed E-state index contributed by atoms with van der Waals surface area (Å²) in [4.78, 5) is 58.7. The number of likely N-dealkylation sites (N-methyl/N-ethyl adjacent to an activating group) is 1. The van der Waals surface area contributed by atoms with Crippen molar-refractivity contribution in [2.24, 2.45) is 5.92 Å². The van der Waals surface area contributed by atoms with E-state index in [0.717, 1.165) is 49.0 Å². The number of hydrogen-bond acceptors (Lipinski definition) is 8. The number of carbonyl (C=O) groups excluding carboxylic acids is 4. The minimum absolute atomic E-state index is 0.0382. The number of aromatic nitrogens is 1. The average Bonchev–Trinajstić information content (AvgIpc) is 3.63. The first-order valence-electron chi connectivity index (χ1n) is 14.4. The smallest absolute Gasteiger partial charge is 0.413 e. The van der Waals surface area contributed by atoms with E-state index in [1.807, 2.05) is 30.3 Å². The predicted octanol–water partition coefficient (Wildman–Crippen LogP) is 3.98. The molecule has 1 saturated carbocycles. The van der Waals surface area contributed by atoms with Crippen LogP contribution in [0, 0.1) is 5.92 Å². The fourth-order valence-corrected chi connectivity index (χ4v) is 6.32. The molecule has 0 bridgehead atoms. The fraction of sp³-hybridized carbons (Fsp3) is 0.552. The Hall–Kier alpha value is -3.51. The van der Waals surface area contributed by atoms with E-state index in [1.165, 1.54) is 0 Å². The second-order valence-corrected chi connectivity index (χ2v) is 11.5. The fourth-order valence-electron chi connectivity index (χ4n) is 5.44. The SMILES string of the molecule is CCOC(=O)Nc1nc(-c2ccccc2)c(NC(=O)[C@@H]2CCCN2C(=O)[C@@H](NC(=O)[C@H](C)NC)C2CCCCC2)s1. The molecule has 0 unspecified atom stereocenters. The van der Waals surface area contributed by atoms with Crippen molar-refractivity contribution < 1.29 is 23.9 Å². The Morgan fingerprint density at radius 3 is 2.46 bits per heavy atom. The molecule has 0 radical (unpaired) electrons. The summed E-state index contributed by atoms with van der Waals surface area (Å²) in [5, 5.41) is 12.3. The Labute approximate surface area is 244 Å². The number of hydrogen-bond donors (Lipinski definition) is 4. The van der Waals surface area contributed by atoms with Gasteiger partial charge >= 0.3 is 6.09 Å². The standard InChI is InChI=1S/C29H40N6O5S/c1-4-40-29(39)34-28-32-22(19-12-7-5-8-13-19)26(41-28)33-25(37)21-16-11-17-35(21)27(38)23(20-14-9-6-10-15-20)31-24(36)18(2)30-3/h5,7-8,12-13,18,20-21,23,30H,4,6,9-11,14-17H2,1-3H3,(H,31,36)(H,33,37)(H,32,34,39)/t18-,21-,23-/m0/s1. The number of thiazole rings is 1. The second kappa shape index (κ2) is 14.4. The van der Waals surface area contributed by atoms with Crippen LogP contribution in [0.3, 0.4) is 0 Å². The van der Waals surface area contributed by atoms with E-state index >= 15 is 0 Å². The van der Waals surface area contributed by atoms with E-state index < -0.39 is 24.2 Å². The number of carbonyl (C=O) groups is 4. The third kappa shape index (κ3) is 7.62. The molecule has 1 aromatic carbocycles. The van der Waals surface area contributed by atoms with Gasteiger partial charge in [-0.3, -0.25) is 19.7 Å². The molecule has 2 heterocycles. The van der Waals surface area contributed by atoms with E-state index in [-0.39, 0.29) is 35.4 Å². The summed E-state index contributed by atoms with van der Waals surface area (Å²) in [7, 11) is 1.71. The number of nitrogens with one attached hydrogen (secondary N) is 4. The molecule has 2 fully saturated rings. The maximum absolute atomic E-state index is 14.0. The molecule has 1 aromatic heterocycles. The highest BCUT2D eigenvalue weighted by atomic mass is 32.1. The summed E-state index contributed by atoms with van der Waals surface area (Å²) < 4.78 is 4.98. The molecule has 12 heteroatoms. The lowest BCUT2D eigenvalue weighted by Gasteiger charge is -2.35. The van der Waals surface area contributed by atoms with E-state index in [4.69, 9.17) is 4.74 Å². The van der Waals surface area contributed by atoms with E-state index in [9.17, 15) is 19.2 Å². The molecule has 0 spiro atoms. The van der Waals surface area contributed by atoms with Crippen molar-refractivity contribution >= 4 is 45.3 Å². The topological polar surface area (TPSA) is 142 Å². The second-order valence-electron chi connectivity index (χ2n) is 10.5. The van der Waals surface area contributed by atoms with Crippen molar-refractivity contribution in [1.29, 1.82) is 0 Å². The molecular formula is C29H40N6O5S. The number of nitrogens with zero attached hydrogens (tertiary/aromatic N) is 2. The summed E-state index contributed by atoms with van der Waals surface area (Å²) in [6, 6.07) is 7.56. The largest absolute Gasteiger partial charge is 0.450 e. The molecule has 4 amide bonds. The van der Waals surface area contributed by atoms with Crippen LogP contribution in [0.15, 0.2) is 30.3 Å². The number of ether oxygens (including phenoxy) is 1. The van der Waals surface area contributed by atoms with Crippen LogP contribution in [-0.2, 0) is 19.1 Å². The summed E-state index contributed by atoms with van der Waals surface area (Å²) in [5.41, 5.74) is 1.29. The van der Waals surface area contributed by atoms with Crippen LogP contribution in [-0.4, -0.2) is 72.0 Å². The molecule has 4 rings (SSSR count). The van der Waals surface area contributed by atoms with Gasteiger partial charge in [-0.15, -0.1) is 0 Å². The van der Waals surface area contributed by atoms with Crippen molar-refractivity contribution in [2.45, 2.75) is 76.9 Å². The van der Waals surface area contributed by atoms with E-state index in [2.05, 4.69) is 26.3 Å². The highest BCUT2D eigenvalue weighted by Gasteiger charge is 2.41. The van der Waals surface area contributed by atoms with Gasteiger partial charge in [-0.2, -0.15) is 0 Å². The van der Waals surface area contributed by atoms with Gasteiger partial charge in [0.15, 0.2) is 5.13 Å². The monoisotopic (exact) mass is 584 g/mol. The van der Waals surface area contributed by atoms with Gasteiger partial charge < -0.3 is 25.6 Å². The zero-order valence-electron chi connectivity index (χ0n) is 23.9. The van der Waals surface area contributed by atoms with Crippen molar-refractivity contribution in [1.82, 2.24) is 20.5 Å². The van der Waals surface area contributed by atoms with Gasteiger partial charge in [-0.1, -0.05) is 60.9 Å². The highest BCUT2D eigenvalue weighted by Crippen LogP contribution is 2.37. The van der Waals surface area contributed by atoms with E-state index in [0.29, 0.717) is 30.1 Å². The van der Waals surface area contributed by atoms with Gasteiger partial charge in [0.1, 0.15) is 22.8 Å². The Morgan fingerprint density at radius 1 is 1.05 bits per heavy atom. The average molecular weight is 585 g/mol. The van der Waals surface area contributed by atoms with Crippen molar-refractivity contribution in [3.05, 3.63) is 30.3 Å². The number of rotatable bonds is 10. The number of amides is 4. The summed E-state index contributed by atoms with van der Waals surface area (Å²) in [6.45, 7) is 4.13. The van der Waals surface area contributed by atoms with Gasteiger partial charge in [-0.05, 0) is 52.5 Å². The molecule has 3 atom stereocenters. The molecule has 11 nitrogen and oxygen atoms in total. The van der Waals surface area contributed by atoms with Crippen LogP contribution in [0.5, 0.6) is 0 Å². The third-order valence-corrected chi connectivity index (χ3v) is 8.63. The Morgan fingerprint density at radius 2 is 1.78 bits per heavy atom. The first-order chi connectivity index (χ1) is 19.8. The Kier molecular flexibility index (Phi) is 10.7. The quantitative estimate of drug-likeness (QED) is 0.331. The summed E-state index contributed by atoms with van der Waals surface area (Å²) in [5.74, 6) is -0.716. The van der Waals surface area contributed by atoms with Gasteiger partial charge in [-0.25, -0.2) is 9.78 Å². The van der Waals surface area contributed by atoms with Crippen LogP contribution in [0.25, 0.3) is 11.3 Å². The van der Waals surface area contributed by atoms with Gasteiger partial charge in [0, 0.05) is 12.1 Å². The molecular weight excluding hydrogens is 544 g/mol. The third-order valence-electron chi connectivity index (χ3n) is 7.75. The number of anilines is 2. The van der Waals surface area contributed by atoms with Gasteiger partial charge in [0.05, 0.1) is 12.6 Å². The molecule has 222 valence electrons. The lowest BCUT2D eigenvalue weighted by Crippen LogP contribution is -2.57. The zero-order chi connectivity index (χ0) is 29.4. The molecule has 4 N–H and O–H groups in total. The van der Waals surface area contributed by atoms with Crippen molar-refractivity contribution in [2.75, 3.05) is 30.8 Å². The summed E-state index contributed by atoms with van der Waals surface area (Å²) in [6.07, 6.45) is 5.47. The minimum atomic E-state index is -0.681. The Bertz CT molecular complexity index is 1220. The Balaban J connectivity index is 1.55. The maximum atomic E-state index is 14.0. The van der Waals surface area contributed by atoms with Crippen LogP contribution in [0.4, 0.5) is 14.9 Å². The van der Waals surface area contributed by atoms with Crippen LogP contribution >= 0.6 is 11.3 Å². The van der Waals surface area contributed by atoms with Crippen LogP contribution in [0.2, 0.25) is 0 Å². The molecule has 2 aromatic rings. The van der Waals surface area contributed by atoms with Crippen molar-refractivity contribution in [3.63, 3.8) is 0 Å². The number of benzene rings is 1. The van der Waals surface area contributed by atoms with E-state index in [1.54, 1.807) is 25.8 Å². The summed E-state index contributed by atoms with van der Waals surface area (Å²) >= 11 is 1.13. The van der Waals surface area contributed by atoms with Crippen LogP contribution in [0.1, 0.15) is 58.8 Å². The molecule has 1 aliphatic heterocycles. The molecule has 41 heavy (non-hydrogen) atoms. The predicted molar refractivity (Wildman–Crippen MR) is 159 cm³/mol. The van der Waals surface area contributed by atoms with Crippen molar-refractivity contribution in [3.8, 4) is 11.3 Å². The zero-order valence-corrected chi connectivity index (χ0v) is 24.7. The molecule has 1 aliphatic carbocycles. The lowest BCUT2D eigenvalue weighted by molar-refractivity contribution is -0.142. The van der Waals surface area contributed by atoms with Gasteiger partial charge in [0.2, 0.25) is 17.7 Å². The van der Waals surface area contributed by atoms with Crippen LogP contribution < -0.4 is 21.3 Å². The lowest BCUT2D eigenvalue weighted by atomic mass is 9.83. The maximum Gasteiger partial charge on any atom is 0.413 e. The first-order valence-corrected chi connectivity index (χ1v) is 15.2. The molecule has 1 saturated heterocycles. The highest BCUT2D eigenvalue weighted by molar-refractivity contribution is 7.20. The number of likely N-dealkylation sites (tertiary alicyclic amines) is 1. The molecule has 2 aliphatic rings. The normalized spacial score (nSPS) is 18.8.